The maximum atomic E-state index is 12.9. The minimum atomic E-state index is -1.42. The Morgan fingerprint density at radius 1 is 0.540 bits per heavy atom. The number of carbonyl (C=O) groups excluding carboxylic acids is 3. The van der Waals surface area contributed by atoms with Gasteiger partial charge in [0.1, 0.15) is 58.7 Å². The number of nitrogens with one attached hydrogen (secondary N) is 2. The van der Waals surface area contributed by atoms with E-state index in [0.29, 0.717) is 94.3 Å². The minimum absolute atomic E-state index is 0.0378. The van der Waals surface area contributed by atoms with Gasteiger partial charge < -0.3 is 25.1 Å². The number of ether oxygens (including phenoxy) is 3. The SMILES string of the molecule is CC(=N[S@](=O)C(C)(C)C)c1cc(Br)cnc1Cl.CC(C)(C)OC(=O)C[C@](C)(N[S@](=O)C(C)(C)C)c1cc(Br)cnc1Cl.CC(C)(C)OC(=O)N(C(=O)OC(C)(C)C)C1=N[C@](C)(c2cc(Br)cnc2Cl)CCS1.CC(C)(C)[S@@](=O)N[C@@](C)(CCO)c1cc(Br)cnc1Cl.C[C@@](CCCl)(N=C=S)c1cc(Br)cnc1Cl.C[C@@]1(c2cc(Br)cnc2Cl)CCSC(N)=N1. The van der Waals surface area contributed by atoms with E-state index in [9.17, 15) is 32.1 Å². The Labute approximate surface area is 837 Å². The molecule has 2 aliphatic heterocycles. The molecule has 2 amide bonds. The monoisotopic (exact) mass is 2350 g/mol. The van der Waals surface area contributed by atoms with Crippen LogP contribution < -0.4 is 15.2 Å². The summed E-state index contributed by atoms with van der Waals surface area (Å²) in [6, 6.07) is 11.1. The number of hydrogen-bond donors (Lipinski definition) is 4. The molecule has 0 bridgehead atoms. The Kier molecular flexibility index (Phi) is 46.3. The van der Waals surface area contributed by atoms with Crippen molar-refractivity contribution < 1.29 is 46.3 Å². The zero-order chi connectivity index (χ0) is 95.2. The molecule has 0 saturated carbocycles. The van der Waals surface area contributed by atoms with Crippen LogP contribution in [0.2, 0.25) is 30.9 Å². The average molecular weight is 2360 g/mol. The van der Waals surface area contributed by atoms with Gasteiger partial charge in [-0.05, 0) is 336 Å². The van der Waals surface area contributed by atoms with Crippen molar-refractivity contribution in [3.05, 3.63) is 165 Å². The molecule has 0 radical (unpaired) electrons. The van der Waals surface area contributed by atoms with Gasteiger partial charge in [-0.15, -0.1) is 11.6 Å². The summed E-state index contributed by atoms with van der Waals surface area (Å²) in [7, 11) is -4.00. The van der Waals surface area contributed by atoms with E-state index in [1.54, 1.807) is 131 Å². The third-order valence-corrected chi connectivity index (χ3v) is 28.2. The molecule has 2 aliphatic rings. The molecule has 688 valence electrons. The topological polar surface area (TPSA) is 330 Å². The lowest BCUT2D eigenvalue weighted by Crippen LogP contribution is -2.48. The molecule has 5 N–H and O–H groups in total. The number of amidine groups is 2. The Hall–Kier alpha value is -2.34. The summed E-state index contributed by atoms with van der Waals surface area (Å²) < 4.78 is 67.1. The summed E-state index contributed by atoms with van der Waals surface area (Å²) >= 11 is 70.4. The highest BCUT2D eigenvalue weighted by atomic mass is 79.9. The average Bonchev–Trinajstić information content (AvgIpc) is 0.776. The second-order valence-corrected chi connectivity index (χ2v) is 50.9. The van der Waals surface area contributed by atoms with Gasteiger partial charge in [-0.2, -0.15) is 9.30 Å². The van der Waals surface area contributed by atoms with E-state index >= 15 is 0 Å². The number of carbonyl (C=O) groups is 3. The first-order valence-electron chi connectivity index (χ1n) is 37.8. The second kappa shape index (κ2) is 49.6. The fourth-order valence-corrected chi connectivity index (χ4v) is 19.2. The zero-order valence-corrected chi connectivity index (χ0v) is 93.0. The number of aliphatic hydroxyl groups is 1. The quantitative estimate of drug-likeness (QED) is 0.0155. The fraction of sp³-hybridized carbons (Fsp3) is 0.543. The van der Waals surface area contributed by atoms with Crippen molar-refractivity contribution in [3.8, 4) is 0 Å². The van der Waals surface area contributed by atoms with Crippen molar-refractivity contribution in [2.24, 2.45) is 25.1 Å². The number of isothiocyanates is 1. The summed E-state index contributed by atoms with van der Waals surface area (Å²) in [6.07, 6.45) is 10.5. The first-order valence-corrected chi connectivity index (χ1v) is 51.2. The molecule has 0 saturated heterocycles. The van der Waals surface area contributed by atoms with Crippen molar-refractivity contribution in [1.29, 1.82) is 0 Å². The Morgan fingerprint density at radius 3 is 1.29 bits per heavy atom. The summed E-state index contributed by atoms with van der Waals surface area (Å²) in [6.45, 7) is 43.8. The Morgan fingerprint density at radius 2 is 0.903 bits per heavy atom. The van der Waals surface area contributed by atoms with E-state index in [2.05, 4.69) is 167 Å². The van der Waals surface area contributed by atoms with Crippen molar-refractivity contribution in [2.45, 2.75) is 257 Å². The Bertz CT molecular complexity index is 4930. The second-order valence-electron chi connectivity index (χ2n) is 34.7. The van der Waals surface area contributed by atoms with Gasteiger partial charge in [0.15, 0.2) is 10.3 Å². The maximum absolute atomic E-state index is 12.9. The van der Waals surface area contributed by atoms with Gasteiger partial charge in [0.05, 0.1) is 81.2 Å². The molecule has 124 heavy (non-hydrogen) atoms. The molecule has 8 atom stereocenters. The summed E-state index contributed by atoms with van der Waals surface area (Å²) in [5.74, 6) is 1.61. The van der Waals surface area contributed by atoms with Crippen molar-refractivity contribution in [3.63, 3.8) is 0 Å². The molecule has 6 aromatic heterocycles. The number of hydrogen-bond acceptors (Lipinski definition) is 23. The van der Waals surface area contributed by atoms with Gasteiger partial charge in [0.2, 0.25) is 0 Å². The smallest absolute Gasteiger partial charge is 0.426 e. The molecule has 8 heterocycles. The largest absolute Gasteiger partial charge is 0.460 e. The van der Waals surface area contributed by atoms with E-state index < -0.39 is 99.6 Å². The molecule has 6 aromatic rings. The van der Waals surface area contributed by atoms with Crippen LogP contribution in [0.3, 0.4) is 0 Å². The number of halogens is 13. The molecular weight excluding hydrogens is 2250 g/mol. The number of thioether (sulfide) groups is 2. The molecule has 0 fully saturated rings. The van der Waals surface area contributed by atoms with E-state index in [1.807, 2.05) is 120 Å². The van der Waals surface area contributed by atoms with Crippen molar-refractivity contribution in [2.75, 3.05) is 24.0 Å². The van der Waals surface area contributed by atoms with Gasteiger partial charge >= 0.3 is 18.2 Å². The van der Waals surface area contributed by atoms with Gasteiger partial charge in [0, 0.05) is 121 Å². The predicted octanol–water partition coefficient (Wildman–Crippen LogP) is 25.4. The number of imide groups is 1. The van der Waals surface area contributed by atoms with Gasteiger partial charge in [0.25, 0.3) is 0 Å². The number of esters is 1. The number of thiocarbonyl (C=S) groups is 1. The fourth-order valence-electron chi connectivity index (χ4n) is 10.3. The van der Waals surface area contributed by atoms with Crippen LogP contribution in [0.15, 0.2) is 120 Å². The van der Waals surface area contributed by atoms with Crippen LogP contribution in [-0.2, 0) is 79.7 Å². The van der Waals surface area contributed by atoms with E-state index in [0.717, 1.165) is 50.6 Å². The lowest BCUT2D eigenvalue weighted by Gasteiger charge is -2.35. The normalized spacial score (nSPS) is 17.8. The lowest BCUT2D eigenvalue weighted by molar-refractivity contribution is -0.156. The first kappa shape index (κ1) is 116. The number of nitrogens with two attached hydrogens (primary N) is 1. The van der Waals surface area contributed by atoms with Crippen LogP contribution in [0.4, 0.5) is 9.59 Å². The molecule has 0 unspecified atom stereocenters. The summed E-state index contributed by atoms with van der Waals surface area (Å²) in [5, 5.41) is 14.7. The highest BCUT2D eigenvalue weighted by molar-refractivity contribution is 9.11. The minimum Gasteiger partial charge on any atom is -0.460 e. The van der Waals surface area contributed by atoms with Crippen LogP contribution in [0.5, 0.6) is 0 Å². The summed E-state index contributed by atoms with van der Waals surface area (Å²) in [4.78, 5) is 77.1. The van der Waals surface area contributed by atoms with Crippen LogP contribution in [0.25, 0.3) is 0 Å². The number of rotatable bonds is 18. The van der Waals surface area contributed by atoms with Crippen LogP contribution in [0.1, 0.15) is 232 Å². The third-order valence-electron chi connectivity index (χ3n) is 16.8. The summed E-state index contributed by atoms with van der Waals surface area (Å²) in [5.41, 5.74) is 5.15. The number of pyridine rings is 6. The highest BCUT2D eigenvalue weighted by Gasteiger charge is 2.43. The number of aliphatic hydroxyl groups excluding tert-OH is 1. The van der Waals surface area contributed by atoms with Crippen molar-refractivity contribution in [1.82, 2.24) is 44.2 Å². The molecular formula is C81H107Br6Cl7N14O10S6. The maximum Gasteiger partial charge on any atom is 0.426 e. The van der Waals surface area contributed by atoms with Gasteiger partial charge in [-0.25, -0.2) is 66.6 Å². The molecule has 0 aromatic carbocycles. The first-order chi connectivity index (χ1) is 56.6. The number of amides is 2. The van der Waals surface area contributed by atoms with E-state index in [4.69, 9.17) is 106 Å². The van der Waals surface area contributed by atoms with Gasteiger partial charge in [-0.3, -0.25) is 14.8 Å². The molecule has 0 aliphatic carbocycles. The number of nitrogens with zero attached hydrogens (tertiary/aromatic N) is 11. The predicted molar refractivity (Wildman–Crippen MR) is 541 cm³/mol. The van der Waals surface area contributed by atoms with Crippen LogP contribution >= 0.6 is 213 Å². The van der Waals surface area contributed by atoms with Gasteiger partial charge in [-0.1, -0.05) is 93.1 Å². The van der Waals surface area contributed by atoms with Crippen LogP contribution in [0, 0.1) is 0 Å². The molecule has 24 nitrogen and oxygen atoms in total. The van der Waals surface area contributed by atoms with Crippen molar-refractivity contribution >= 4 is 285 Å². The standard InChI is InChI=1S/C20H27BrClN3O4S.C17H26BrClN2O3S.C13H20BrClN2O2S.C11H14BrClN2OS.C10H9BrCl2N2S.C10H11BrClN3S/c1-18(2,3)28-16(26)25(17(27)29-19(4,5)6)15-24-20(7,8-9-30-15)13-10-12(21)11-23-14(13)22;1-15(2,3)24-13(22)9-17(7,21-25(23)16(4,5)6)12-8-11(18)10-20-14(12)19;1-12(2,3)20(19)17-13(4,5-6-18)10-7-9(14)8-16-11(10)15;1-7(15-17(16)11(2,3)4)9-5-8(12)6-14-10(9)13;1-10(2-3-12,15-6-16)8-4-7(11)5-14-9(8)13;1-10(2-3-16-9(13)15-10)7-4-6(11)5-14-8(7)12/h10-11H,8-9H2,1-7H3;8,10,21H,9H2,1-7H3;7-8,17-18H,5-6H2,1-4H3;5-6H,1-4H3;4-5H,2-3H2,1H3;4-5H,2-3H2,1H3,(H2,13,15)/t20-;17-,25+;13-,20+;17-;2*10-/m000100/s1. The van der Waals surface area contributed by atoms with E-state index in [1.165, 1.54) is 11.8 Å². The van der Waals surface area contributed by atoms with Crippen LogP contribution in [-0.4, -0.2) is 147 Å². The third kappa shape index (κ3) is 38.3. The molecule has 8 rings (SSSR count). The van der Waals surface area contributed by atoms with E-state index in [-0.39, 0.29) is 33.6 Å². The zero-order valence-electron chi connectivity index (χ0n) is 73.3. The highest BCUT2D eigenvalue weighted by Crippen LogP contribution is 2.44. The number of alkyl halides is 1. The number of aromatic nitrogens is 6. The lowest BCUT2D eigenvalue weighted by atomic mass is 9.91. The molecule has 43 heteroatoms. The number of aliphatic imine (C=N–C) groups is 3. The Balaban J connectivity index is 0.000000390. The molecule has 0 spiro atoms.